The van der Waals surface area contributed by atoms with Crippen molar-refractivity contribution >= 4 is 23.3 Å². The molecular weight excluding hydrogens is 362 g/mol. The molecule has 0 aliphatic rings. The first-order valence-corrected chi connectivity index (χ1v) is 8.21. The van der Waals surface area contributed by atoms with E-state index in [4.69, 9.17) is 25.8 Å². The van der Waals surface area contributed by atoms with Crippen molar-refractivity contribution in [3.8, 4) is 11.5 Å². The number of carbonyl (C=O) groups is 1. The third kappa shape index (κ3) is 4.23. The number of nitro benzene ring substituents is 1. The first-order chi connectivity index (χ1) is 12.4. The molecule has 7 nitrogen and oxygen atoms in total. The van der Waals surface area contributed by atoms with Gasteiger partial charge >= 0.3 is 5.97 Å². The molecule has 26 heavy (non-hydrogen) atoms. The van der Waals surface area contributed by atoms with Crippen molar-refractivity contribution in [2.45, 2.75) is 20.0 Å². The van der Waals surface area contributed by atoms with Crippen LogP contribution in [-0.4, -0.2) is 24.6 Å². The minimum Gasteiger partial charge on any atom is -0.493 e. The zero-order chi connectivity index (χ0) is 19.3. The second-order valence-corrected chi connectivity index (χ2v) is 5.69. The van der Waals surface area contributed by atoms with Gasteiger partial charge in [-0.05, 0) is 32.0 Å². The van der Waals surface area contributed by atoms with Gasteiger partial charge in [-0.3, -0.25) is 10.1 Å². The molecule has 138 valence electrons. The third-order valence-electron chi connectivity index (χ3n) is 3.61. The Hall–Kier alpha value is -2.80. The molecule has 8 heteroatoms. The summed E-state index contributed by atoms with van der Waals surface area (Å²) in [7, 11) is 1.43. The van der Waals surface area contributed by atoms with E-state index in [2.05, 4.69) is 0 Å². The minimum atomic E-state index is -0.819. The molecule has 2 aromatic rings. The standard InChI is InChI=1S/C18H18ClNO6/c1-4-25-17-14(19)9-12(10-16(17)24-3)18(21)26-11(2)13-7-5-6-8-15(13)20(22)23/h5-11H,4H2,1-3H3. The molecule has 0 saturated heterocycles. The summed E-state index contributed by atoms with van der Waals surface area (Å²) >= 11 is 6.15. The van der Waals surface area contributed by atoms with Crippen molar-refractivity contribution in [2.24, 2.45) is 0 Å². The monoisotopic (exact) mass is 379 g/mol. The van der Waals surface area contributed by atoms with Crippen molar-refractivity contribution in [3.63, 3.8) is 0 Å². The highest BCUT2D eigenvalue weighted by Gasteiger charge is 2.23. The molecule has 0 aliphatic heterocycles. The van der Waals surface area contributed by atoms with Gasteiger partial charge in [0, 0.05) is 6.07 Å². The predicted molar refractivity (Wildman–Crippen MR) is 96.1 cm³/mol. The van der Waals surface area contributed by atoms with Gasteiger partial charge in [-0.15, -0.1) is 0 Å². The lowest BCUT2D eigenvalue weighted by molar-refractivity contribution is -0.386. The highest BCUT2D eigenvalue weighted by molar-refractivity contribution is 6.32. The van der Waals surface area contributed by atoms with Crippen molar-refractivity contribution in [2.75, 3.05) is 13.7 Å². The molecule has 0 spiro atoms. The highest BCUT2D eigenvalue weighted by atomic mass is 35.5. The highest BCUT2D eigenvalue weighted by Crippen LogP contribution is 2.37. The van der Waals surface area contributed by atoms with Gasteiger partial charge in [0.25, 0.3) is 5.69 Å². The number of nitro groups is 1. The Balaban J connectivity index is 2.28. The number of para-hydroxylation sites is 1. The van der Waals surface area contributed by atoms with Crippen LogP contribution in [0.2, 0.25) is 5.02 Å². The van der Waals surface area contributed by atoms with Gasteiger partial charge in [0.1, 0.15) is 6.10 Å². The molecule has 2 rings (SSSR count). The average Bonchev–Trinajstić information content (AvgIpc) is 2.63. The second-order valence-electron chi connectivity index (χ2n) is 5.29. The molecule has 0 radical (unpaired) electrons. The van der Waals surface area contributed by atoms with Crippen LogP contribution in [0.15, 0.2) is 36.4 Å². The number of nitrogens with zero attached hydrogens (tertiary/aromatic N) is 1. The van der Waals surface area contributed by atoms with E-state index in [-0.39, 0.29) is 16.3 Å². The van der Waals surface area contributed by atoms with Gasteiger partial charge in [-0.25, -0.2) is 4.79 Å². The fourth-order valence-corrected chi connectivity index (χ4v) is 2.68. The number of carbonyl (C=O) groups excluding carboxylic acids is 1. The van der Waals surface area contributed by atoms with Gasteiger partial charge < -0.3 is 14.2 Å². The van der Waals surface area contributed by atoms with E-state index in [0.29, 0.717) is 23.7 Å². The topological polar surface area (TPSA) is 87.9 Å². The Kier molecular flexibility index (Phi) is 6.41. The number of benzene rings is 2. The summed E-state index contributed by atoms with van der Waals surface area (Å²) in [5.74, 6) is -0.0523. The number of esters is 1. The second kappa shape index (κ2) is 8.53. The molecule has 2 aromatic carbocycles. The van der Waals surface area contributed by atoms with Gasteiger partial charge in [0.15, 0.2) is 11.5 Å². The predicted octanol–water partition coefficient (Wildman–Crippen LogP) is 4.57. The third-order valence-corrected chi connectivity index (χ3v) is 3.89. The van der Waals surface area contributed by atoms with Gasteiger partial charge in [0.2, 0.25) is 0 Å². The van der Waals surface area contributed by atoms with E-state index in [9.17, 15) is 14.9 Å². The fourth-order valence-electron chi connectivity index (χ4n) is 2.41. The van der Waals surface area contributed by atoms with Crippen LogP contribution in [0.4, 0.5) is 5.69 Å². The van der Waals surface area contributed by atoms with Crippen molar-refractivity contribution < 1.29 is 23.9 Å². The average molecular weight is 380 g/mol. The Morgan fingerprint density at radius 3 is 2.62 bits per heavy atom. The summed E-state index contributed by atoms with van der Waals surface area (Å²) in [5.41, 5.74) is 0.339. The molecule has 0 N–H and O–H groups in total. The molecule has 0 aromatic heterocycles. The fraction of sp³-hybridized carbons (Fsp3) is 0.278. The molecule has 0 fully saturated rings. The Morgan fingerprint density at radius 1 is 1.31 bits per heavy atom. The lowest BCUT2D eigenvalue weighted by Crippen LogP contribution is -2.11. The molecule has 0 heterocycles. The summed E-state index contributed by atoms with van der Waals surface area (Å²) in [6.45, 7) is 3.74. The van der Waals surface area contributed by atoms with Crippen LogP contribution in [0.5, 0.6) is 11.5 Å². The summed E-state index contributed by atoms with van der Waals surface area (Å²) in [4.78, 5) is 23.1. The number of rotatable bonds is 7. The van der Waals surface area contributed by atoms with Crippen LogP contribution < -0.4 is 9.47 Å². The normalized spacial score (nSPS) is 11.5. The van der Waals surface area contributed by atoms with Crippen LogP contribution in [0.25, 0.3) is 0 Å². The van der Waals surface area contributed by atoms with E-state index >= 15 is 0 Å². The maximum absolute atomic E-state index is 12.5. The van der Waals surface area contributed by atoms with Crippen molar-refractivity contribution in [1.29, 1.82) is 0 Å². The van der Waals surface area contributed by atoms with Crippen LogP contribution >= 0.6 is 11.6 Å². The van der Waals surface area contributed by atoms with Crippen molar-refractivity contribution in [1.82, 2.24) is 0 Å². The van der Waals surface area contributed by atoms with E-state index in [1.54, 1.807) is 32.0 Å². The number of methoxy groups -OCH3 is 1. The van der Waals surface area contributed by atoms with Crippen LogP contribution in [0.3, 0.4) is 0 Å². The van der Waals surface area contributed by atoms with E-state index in [1.807, 2.05) is 0 Å². The maximum Gasteiger partial charge on any atom is 0.338 e. The number of ether oxygens (including phenoxy) is 3. The van der Waals surface area contributed by atoms with Gasteiger partial charge in [-0.2, -0.15) is 0 Å². The molecule has 1 atom stereocenters. The number of hydrogen-bond acceptors (Lipinski definition) is 6. The molecule has 0 aliphatic carbocycles. The first-order valence-electron chi connectivity index (χ1n) is 7.83. The SMILES string of the molecule is CCOc1c(Cl)cc(C(=O)OC(C)c2ccccc2[N+](=O)[O-])cc1OC. The Bertz CT molecular complexity index is 823. The largest absolute Gasteiger partial charge is 0.493 e. The van der Waals surface area contributed by atoms with Crippen LogP contribution in [-0.2, 0) is 4.74 Å². The maximum atomic E-state index is 12.5. The lowest BCUT2D eigenvalue weighted by atomic mass is 10.1. The van der Waals surface area contributed by atoms with Crippen LogP contribution in [0.1, 0.15) is 35.9 Å². The molecule has 0 saturated carbocycles. The summed E-state index contributed by atoms with van der Waals surface area (Å²) in [5, 5.41) is 11.3. The first kappa shape index (κ1) is 19.5. The smallest absolute Gasteiger partial charge is 0.338 e. The lowest BCUT2D eigenvalue weighted by Gasteiger charge is -2.16. The molecule has 0 bridgehead atoms. The quantitative estimate of drug-likeness (QED) is 0.397. The zero-order valence-corrected chi connectivity index (χ0v) is 15.3. The van der Waals surface area contributed by atoms with E-state index in [0.717, 1.165) is 0 Å². The van der Waals surface area contributed by atoms with E-state index in [1.165, 1.54) is 25.3 Å². The summed E-state index contributed by atoms with van der Waals surface area (Å²) in [6, 6.07) is 8.95. The Labute approximate surface area is 155 Å². The minimum absolute atomic E-state index is 0.116. The van der Waals surface area contributed by atoms with Gasteiger partial charge in [-0.1, -0.05) is 23.7 Å². The van der Waals surface area contributed by atoms with E-state index < -0.39 is 17.0 Å². The molecular formula is C18H18ClNO6. The van der Waals surface area contributed by atoms with Gasteiger partial charge in [0.05, 0.1) is 34.8 Å². The number of halogens is 1. The van der Waals surface area contributed by atoms with Crippen LogP contribution in [0, 0.1) is 10.1 Å². The summed E-state index contributed by atoms with van der Waals surface area (Å²) < 4.78 is 16.0. The molecule has 1 unspecified atom stereocenters. The number of hydrogen-bond donors (Lipinski definition) is 0. The summed E-state index contributed by atoms with van der Waals surface area (Å²) in [6.07, 6.45) is -0.819. The molecule has 0 amide bonds. The zero-order valence-electron chi connectivity index (χ0n) is 14.5. The Morgan fingerprint density at radius 2 is 2.00 bits per heavy atom. The van der Waals surface area contributed by atoms with Crippen molar-refractivity contribution in [3.05, 3.63) is 62.7 Å².